The number of anilines is 1. The van der Waals surface area contributed by atoms with Crippen molar-refractivity contribution in [3.8, 4) is 0 Å². The first-order valence-corrected chi connectivity index (χ1v) is 4.90. The lowest BCUT2D eigenvalue weighted by Gasteiger charge is -2.31. The first-order chi connectivity index (χ1) is 6.79. The molecule has 0 bridgehead atoms. The molecule has 1 atom stereocenters. The minimum Gasteiger partial charge on any atom is -0.480 e. The molecule has 1 aromatic rings. The van der Waals surface area contributed by atoms with Crippen LogP contribution in [0.1, 0.15) is 0 Å². The van der Waals surface area contributed by atoms with Gasteiger partial charge in [-0.25, -0.2) is 9.78 Å². The molecule has 1 aromatic heterocycles. The molecule has 2 heterocycles. The molecule has 1 aliphatic rings. The summed E-state index contributed by atoms with van der Waals surface area (Å²) in [6.07, 6.45) is 1.42. The van der Waals surface area contributed by atoms with E-state index in [0.717, 1.165) is 0 Å². The molecule has 14 heavy (non-hydrogen) atoms. The molecule has 2 rings (SSSR count). The number of ether oxygens (including phenoxy) is 1. The van der Waals surface area contributed by atoms with Gasteiger partial charge in [0.15, 0.2) is 6.04 Å². The number of carboxylic acids is 1. The normalized spacial score (nSPS) is 22.3. The predicted octanol–water partition coefficient (Wildman–Crippen LogP) is -0.172. The zero-order valence-corrected chi connectivity index (χ0v) is 8.11. The highest BCUT2D eigenvalue weighted by molar-refractivity contribution is 7.09. The Balaban J connectivity index is 2.18. The van der Waals surface area contributed by atoms with E-state index >= 15 is 0 Å². The summed E-state index contributed by atoms with van der Waals surface area (Å²) in [5, 5.41) is 9.58. The Kier molecular flexibility index (Phi) is 2.60. The molecule has 0 spiro atoms. The quantitative estimate of drug-likeness (QED) is 0.738. The Labute approximate surface area is 84.3 Å². The van der Waals surface area contributed by atoms with Crippen LogP contribution in [0.5, 0.6) is 0 Å². The van der Waals surface area contributed by atoms with Gasteiger partial charge in [0.2, 0.25) is 5.13 Å². The number of aromatic nitrogens is 2. The Morgan fingerprint density at radius 1 is 1.79 bits per heavy atom. The molecular formula is C7H9N3O3S. The summed E-state index contributed by atoms with van der Waals surface area (Å²) < 4.78 is 8.95. The lowest BCUT2D eigenvalue weighted by Crippen LogP contribution is -2.50. The van der Waals surface area contributed by atoms with Crippen molar-refractivity contribution < 1.29 is 14.6 Å². The Bertz CT molecular complexity index is 316. The number of rotatable bonds is 2. The van der Waals surface area contributed by atoms with Gasteiger partial charge < -0.3 is 14.7 Å². The fraction of sp³-hybridized carbons (Fsp3) is 0.571. The summed E-state index contributed by atoms with van der Waals surface area (Å²) in [6, 6.07) is -0.642. The molecule has 1 aliphatic heterocycles. The Morgan fingerprint density at radius 3 is 3.29 bits per heavy atom. The van der Waals surface area contributed by atoms with Gasteiger partial charge in [0, 0.05) is 18.1 Å². The third-order valence-corrected chi connectivity index (χ3v) is 2.71. The van der Waals surface area contributed by atoms with E-state index in [1.54, 1.807) is 4.90 Å². The number of hydrogen-bond acceptors (Lipinski definition) is 6. The molecule has 1 N–H and O–H groups in total. The van der Waals surface area contributed by atoms with Crippen LogP contribution in [0.4, 0.5) is 5.13 Å². The molecule has 0 radical (unpaired) electrons. The van der Waals surface area contributed by atoms with Crippen molar-refractivity contribution in [2.24, 2.45) is 0 Å². The monoisotopic (exact) mass is 215 g/mol. The van der Waals surface area contributed by atoms with Crippen molar-refractivity contribution in [1.29, 1.82) is 0 Å². The van der Waals surface area contributed by atoms with Crippen LogP contribution in [0.3, 0.4) is 0 Å². The van der Waals surface area contributed by atoms with Crippen molar-refractivity contribution in [2.75, 3.05) is 24.7 Å². The smallest absolute Gasteiger partial charge is 0.328 e. The van der Waals surface area contributed by atoms with E-state index in [9.17, 15) is 4.79 Å². The van der Waals surface area contributed by atoms with Crippen molar-refractivity contribution in [1.82, 2.24) is 9.36 Å². The molecule has 0 aromatic carbocycles. The zero-order valence-electron chi connectivity index (χ0n) is 7.29. The molecule has 1 saturated heterocycles. The standard InChI is InChI=1S/C7H9N3O3S/c11-6(12)5-3-13-2-1-10(5)7-8-4-9-14-7/h4-5H,1-3H2,(H,11,12). The van der Waals surface area contributed by atoms with E-state index in [-0.39, 0.29) is 6.61 Å². The lowest BCUT2D eigenvalue weighted by molar-refractivity contribution is -0.141. The highest BCUT2D eigenvalue weighted by atomic mass is 32.1. The maximum Gasteiger partial charge on any atom is 0.328 e. The number of morpholine rings is 1. The highest BCUT2D eigenvalue weighted by Gasteiger charge is 2.30. The Morgan fingerprint density at radius 2 is 2.64 bits per heavy atom. The minimum absolute atomic E-state index is 0.203. The minimum atomic E-state index is -0.889. The van der Waals surface area contributed by atoms with E-state index < -0.39 is 12.0 Å². The van der Waals surface area contributed by atoms with Crippen LogP contribution in [0.15, 0.2) is 6.33 Å². The van der Waals surface area contributed by atoms with Gasteiger partial charge in [-0.05, 0) is 0 Å². The first kappa shape index (κ1) is 9.35. The van der Waals surface area contributed by atoms with Crippen LogP contribution in [0.2, 0.25) is 0 Å². The maximum absolute atomic E-state index is 10.9. The van der Waals surface area contributed by atoms with Crippen molar-refractivity contribution in [2.45, 2.75) is 6.04 Å². The number of aliphatic carboxylic acids is 1. The summed E-state index contributed by atoms with van der Waals surface area (Å²) in [5.74, 6) is -0.889. The van der Waals surface area contributed by atoms with Gasteiger partial charge in [0.25, 0.3) is 0 Å². The first-order valence-electron chi connectivity index (χ1n) is 4.13. The third kappa shape index (κ3) is 1.68. The average Bonchev–Trinajstić information content (AvgIpc) is 2.70. The molecule has 0 aliphatic carbocycles. The molecular weight excluding hydrogens is 206 g/mol. The van der Waals surface area contributed by atoms with E-state index in [2.05, 4.69) is 9.36 Å². The van der Waals surface area contributed by atoms with Crippen LogP contribution >= 0.6 is 11.5 Å². The zero-order chi connectivity index (χ0) is 9.97. The van der Waals surface area contributed by atoms with Crippen molar-refractivity contribution in [3.05, 3.63) is 6.33 Å². The van der Waals surface area contributed by atoms with E-state index in [0.29, 0.717) is 18.3 Å². The van der Waals surface area contributed by atoms with Crippen molar-refractivity contribution >= 4 is 22.6 Å². The molecule has 76 valence electrons. The number of hydrogen-bond donors (Lipinski definition) is 1. The average molecular weight is 215 g/mol. The second kappa shape index (κ2) is 3.89. The van der Waals surface area contributed by atoms with Crippen LogP contribution in [-0.4, -0.2) is 46.2 Å². The van der Waals surface area contributed by atoms with E-state index in [1.165, 1.54) is 17.9 Å². The molecule has 0 amide bonds. The fourth-order valence-electron chi connectivity index (χ4n) is 1.33. The SMILES string of the molecule is O=C(O)C1COCCN1c1ncns1. The molecule has 7 heteroatoms. The summed E-state index contributed by atoms with van der Waals surface area (Å²) >= 11 is 1.20. The summed E-state index contributed by atoms with van der Waals surface area (Å²) in [5.41, 5.74) is 0. The summed E-state index contributed by atoms with van der Waals surface area (Å²) in [7, 11) is 0. The van der Waals surface area contributed by atoms with Gasteiger partial charge in [0.1, 0.15) is 6.33 Å². The molecule has 1 fully saturated rings. The molecule has 0 saturated carbocycles. The van der Waals surface area contributed by atoms with Gasteiger partial charge in [-0.1, -0.05) is 0 Å². The fourth-order valence-corrected chi connectivity index (χ4v) is 1.94. The van der Waals surface area contributed by atoms with Gasteiger partial charge in [0.05, 0.1) is 13.2 Å². The number of carboxylic acid groups (broad SMARTS) is 1. The highest BCUT2D eigenvalue weighted by Crippen LogP contribution is 2.20. The second-order valence-corrected chi connectivity index (χ2v) is 3.60. The van der Waals surface area contributed by atoms with E-state index in [1.807, 2.05) is 0 Å². The van der Waals surface area contributed by atoms with Crippen LogP contribution < -0.4 is 4.90 Å². The topological polar surface area (TPSA) is 75.6 Å². The Hall–Kier alpha value is -1.21. The number of nitrogens with zero attached hydrogens (tertiary/aromatic N) is 3. The van der Waals surface area contributed by atoms with Gasteiger partial charge in [-0.2, -0.15) is 4.37 Å². The lowest BCUT2D eigenvalue weighted by atomic mass is 10.2. The second-order valence-electron chi connectivity index (χ2n) is 2.85. The van der Waals surface area contributed by atoms with Gasteiger partial charge in [-0.15, -0.1) is 0 Å². The van der Waals surface area contributed by atoms with Gasteiger partial charge >= 0.3 is 5.97 Å². The van der Waals surface area contributed by atoms with E-state index in [4.69, 9.17) is 9.84 Å². The van der Waals surface area contributed by atoms with Crippen LogP contribution in [-0.2, 0) is 9.53 Å². The predicted molar refractivity (Wildman–Crippen MR) is 49.5 cm³/mol. The molecule has 6 nitrogen and oxygen atoms in total. The third-order valence-electron chi connectivity index (χ3n) is 2.01. The van der Waals surface area contributed by atoms with Crippen LogP contribution in [0, 0.1) is 0 Å². The van der Waals surface area contributed by atoms with Crippen molar-refractivity contribution in [3.63, 3.8) is 0 Å². The molecule has 1 unspecified atom stereocenters. The maximum atomic E-state index is 10.9. The van der Waals surface area contributed by atoms with Gasteiger partial charge in [-0.3, -0.25) is 0 Å². The summed E-state index contributed by atoms with van der Waals surface area (Å²) in [4.78, 5) is 16.6. The largest absolute Gasteiger partial charge is 0.480 e. The summed E-state index contributed by atoms with van der Waals surface area (Å²) in [6.45, 7) is 1.28. The van der Waals surface area contributed by atoms with Crippen LogP contribution in [0.25, 0.3) is 0 Å². The number of carbonyl (C=O) groups is 1.